The highest BCUT2D eigenvalue weighted by Crippen LogP contribution is 2.26. The molecule has 0 bridgehead atoms. The van der Waals surface area contributed by atoms with Gasteiger partial charge in [0.15, 0.2) is 0 Å². The smallest absolute Gasteiger partial charge is 0.129 e. The first-order valence-corrected chi connectivity index (χ1v) is 6.86. The molecule has 1 fully saturated rings. The third kappa shape index (κ3) is 5.58. The molecule has 0 spiro atoms. The van der Waals surface area contributed by atoms with Gasteiger partial charge >= 0.3 is 0 Å². The molecule has 1 saturated heterocycles. The standard InChI is InChI=1S/C14H20ClN3.2ClH/c1-2-3-4-13(18-9-7-16-8-10-18)12-5-6-14(15)17-11-12;;/h2,5-6,11,13,16H,1,3-4,7-10H2;2*1H/t13-;;/m1../s1. The molecular formula is C14H22Cl3N3. The van der Waals surface area contributed by atoms with Crippen molar-refractivity contribution in [2.24, 2.45) is 0 Å². The molecule has 20 heavy (non-hydrogen) atoms. The lowest BCUT2D eigenvalue weighted by molar-refractivity contribution is 0.166. The first-order chi connectivity index (χ1) is 8.81. The lowest BCUT2D eigenvalue weighted by Gasteiger charge is -2.35. The van der Waals surface area contributed by atoms with E-state index in [-0.39, 0.29) is 24.8 Å². The fourth-order valence-electron chi connectivity index (χ4n) is 2.41. The van der Waals surface area contributed by atoms with Crippen LogP contribution >= 0.6 is 36.4 Å². The Morgan fingerprint density at radius 1 is 1.35 bits per heavy atom. The Labute approximate surface area is 138 Å². The normalized spacial score (nSPS) is 16.6. The van der Waals surface area contributed by atoms with Crippen LogP contribution in [0.4, 0.5) is 0 Å². The largest absolute Gasteiger partial charge is 0.314 e. The molecule has 1 aliphatic heterocycles. The number of piperazine rings is 1. The molecular weight excluding hydrogens is 317 g/mol. The van der Waals surface area contributed by atoms with Crippen molar-refractivity contribution in [2.75, 3.05) is 26.2 Å². The molecule has 2 rings (SSSR count). The Balaban J connectivity index is 0.00000180. The van der Waals surface area contributed by atoms with Crippen molar-refractivity contribution in [2.45, 2.75) is 18.9 Å². The second-order valence-corrected chi connectivity index (χ2v) is 4.97. The van der Waals surface area contributed by atoms with Crippen LogP contribution in [0, 0.1) is 0 Å². The lowest BCUT2D eigenvalue weighted by Crippen LogP contribution is -2.45. The Morgan fingerprint density at radius 2 is 2.05 bits per heavy atom. The summed E-state index contributed by atoms with van der Waals surface area (Å²) in [7, 11) is 0. The van der Waals surface area contributed by atoms with Crippen molar-refractivity contribution in [3.05, 3.63) is 41.7 Å². The highest BCUT2D eigenvalue weighted by atomic mass is 35.5. The zero-order chi connectivity index (χ0) is 12.8. The molecule has 0 amide bonds. The maximum absolute atomic E-state index is 5.86. The van der Waals surface area contributed by atoms with E-state index < -0.39 is 0 Å². The molecule has 1 aromatic heterocycles. The topological polar surface area (TPSA) is 28.2 Å². The molecule has 114 valence electrons. The van der Waals surface area contributed by atoms with E-state index in [1.165, 1.54) is 5.56 Å². The van der Waals surface area contributed by atoms with Crippen LogP contribution < -0.4 is 5.32 Å². The van der Waals surface area contributed by atoms with Crippen LogP contribution in [0.5, 0.6) is 0 Å². The summed E-state index contributed by atoms with van der Waals surface area (Å²) < 4.78 is 0. The van der Waals surface area contributed by atoms with Crippen LogP contribution in [-0.2, 0) is 0 Å². The number of hydrogen-bond donors (Lipinski definition) is 1. The molecule has 3 nitrogen and oxygen atoms in total. The van der Waals surface area contributed by atoms with Gasteiger partial charge in [-0.3, -0.25) is 4.90 Å². The second kappa shape index (κ2) is 10.4. The number of allylic oxidation sites excluding steroid dienone is 1. The SMILES string of the molecule is C=CCC[C@H](c1ccc(Cl)nc1)N1CCNCC1.Cl.Cl. The molecule has 1 atom stereocenters. The first-order valence-electron chi connectivity index (χ1n) is 6.48. The molecule has 1 N–H and O–H groups in total. The van der Waals surface area contributed by atoms with Crippen molar-refractivity contribution in [1.29, 1.82) is 0 Å². The van der Waals surface area contributed by atoms with Gasteiger partial charge in [-0.15, -0.1) is 31.4 Å². The van der Waals surface area contributed by atoms with E-state index in [2.05, 4.69) is 27.8 Å². The average molecular weight is 339 g/mol. The van der Waals surface area contributed by atoms with Crippen LogP contribution in [0.25, 0.3) is 0 Å². The third-order valence-electron chi connectivity index (χ3n) is 3.37. The molecule has 6 heteroatoms. The van der Waals surface area contributed by atoms with Gasteiger partial charge in [-0.2, -0.15) is 0 Å². The summed E-state index contributed by atoms with van der Waals surface area (Å²) in [6, 6.07) is 4.39. The van der Waals surface area contributed by atoms with E-state index >= 15 is 0 Å². The maximum atomic E-state index is 5.86. The number of rotatable bonds is 5. The molecule has 0 radical (unpaired) electrons. The van der Waals surface area contributed by atoms with Crippen molar-refractivity contribution >= 4 is 36.4 Å². The van der Waals surface area contributed by atoms with Gasteiger partial charge in [0.05, 0.1) is 0 Å². The lowest BCUT2D eigenvalue weighted by atomic mass is 10.0. The van der Waals surface area contributed by atoms with Crippen LogP contribution in [-0.4, -0.2) is 36.1 Å². The Kier molecular flexibility index (Phi) is 10.2. The van der Waals surface area contributed by atoms with E-state index in [9.17, 15) is 0 Å². The summed E-state index contributed by atoms with van der Waals surface area (Å²) in [6.45, 7) is 8.12. The summed E-state index contributed by atoms with van der Waals surface area (Å²) in [4.78, 5) is 6.72. The van der Waals surface area contributed by atoms with Crippen LogP contribution in [0.15, 0.2) is 31.0 Å². The summed E-state index contributed by atoms with van der Waals surface area (Å²) in [5, 5.41) is 3.94. The Bertz CT molecular complexity index is 378. The summed E-state index contributed by atoms with van der Waals surface area (Å²) >= 11 is 5.86. The van der Waals surface area contributed by atoms with Crippen LogP contribution in [0.1, 0.15) is 24.4 Å². The van der Waals surface area contributed by atoms with E-state index in [4.69, 9.17) is 11.6 Å². The molecule has 0 aliphatic carbocycles. The summed E-state index contributed by atoms with van der Waals surface area (Å²) in [5.74, 6) is 0. The zero-order valence-electron chi connectivity index (χ0n) is 11.4. The van der Waals surface area contributed by atoms with Crippen molar-refractivity contribution in [1.82, 2.24) is 15.2 Å². The minimum absolute atomic E-state index is 0. The maximum Gasteiger partial charge on any atom is 0.129 e. The van der Waals surface area contributed by atoms with Crippen molar-refractivity contribution in [3.8, 4) is 0 Å². The molecule has 0 unspecified atom stereocenters. The summed E-state index contributed by atoms with van der Waals surface area (Å²) in [5.41, 5.74) is 1.25. The highest BCUT2D eigenvalue weighted by molar-refractivity contribution is 6.29. The number of nitrogens with one attached hydrogen (secondary N) is 1. The molecule has 2 heterocycles. The van der Waals surface area contributed by atoms with Gasteiger partial charge in [-0.05, 0) is 24.5 Å². The third-order valence-corrected chi connectivity index (χ3v) is 3.60. The van der Waals surface area contributed by atoms with Gasteiger partial charge in [0.1, 0.15) is 5.15 Å². The monoisotopic (exact) mass is 337 g/mol. The number of aromatic nitrogens is 1. The Hall–Kier alpha value is -0.320. The minimum Gasteiger partial charge on any atom is -0.314 e. The highest BCUT2D eigenvalue weighted by Gasteiger charge is 2.21. The number of halogens is 3. The first kappa shape index (κ1) is 19.7. The molecule has 0 saturated carbocycles. The van der Waals surface area contributed by atoms with Crippen molar-refractivity contribution in [3.63, 3.8) is 0 Å². The molecule has 1 aliphatic rings. The van der Waals surface area contributed by atoms with Crippen LogP contribution in [0.3, 0.4) is 0 Å². The Morgan fingerprint density at radius 3 is 2.60 bits per heavy atom. The number of nitrogens with zero attached hydrogens (tertiary/aromatic N) is 2. The van der Waals surface area contributed by atoms with E-state index in [1.54, 1.807) is 0 Å². The van der Waals surface area contributed by atoms with E-state index in [0.29, 0.717) is 11.2 Å². The minimum atomic E-state index is 0. The number of hydrogen-bond acceptors (Lipinski definition) is 3. The molecule has 1 aromatic rings. The predicted molar refractivity (Wildman–Crippen MR) is 90.4 cm³/mol. The fourth-order valence-corrected chi connectivity index (χ4v) is 2.53. The van der Waals surface area contributed by atoms with Gasteiger partial charge in [-0.25, -0.2) is 4.98 Å². The van der Waals surface area contributed by atoms with Gasteiger partial charge in [0.25, 0.3) is 0 Å². The quantitative estimate of drug-likeness (QED) is 0.658. The van der Waals surface area contributed by atoms with Crippen molar-refractivity contribution < 1.29 is 0 Å². The molecule has 0 aromatic carbocycles. The summed E-state index contributed by atoms with van der Waals surface area (Å²) in [6.07, 6.45) is 6.00. The van der Waals surface area contributed by atoms with Gasteiger partial charge in [-0.1, -0.05) is 23.7 Å². The predicted octanol–water partition coefficient (Wildman–Crippen LogP) is 3.49. The van der Waals surface area contributed by atoms with Gasteiger partial charge in [0, 0.05) is 38.4 Å². The second-order valence-electron chi connectivity index (χ2n) is 4.58. The number of pyridine rings is 1. The zero-order valence-corrected chi connectivity index (χ0v) is 13.8. The van der Waals surface area contributed by atoms with Crippen LogP contribution in [0.2, 0.25) is 5.15 Å². The average Bonchev–Trinajstić information content (AvgIpc) is 2.42. The van der Waals surface area contributed by atoms with E-state index in [0.717, 1.165) is 39.0 Å². The van der Waals surface area contributed by atoms with Gasteiger partial charge in [0.2, 0.25) is 0 Å². The van der Waals surface area contributed by atoms with Gasteiger partial charge < -0.3 is 5.32 Å². The van der Waals surface area contributed by atoms with E-state index in [1.807, 2.05) is 18.3 Å². The fraction of sp³-hybridized carbons (Fsp3) is 0.500.